The van der Waals surface area contributed by atoms with Crippen LogP contribution in [-0.2, 0) is 9.59 Å². The highest BCUT2D eigenvalue weighted by atomic mass is 35.5. The van der Waals surface area contributed by atoms with Crippen LogP contribution in [0.4, 0.5) is 0 Å². The van der Waals surface area contributed by atoms with Gasteiger partial charge in [-0.3, -0.25) is 20.4 Å². The summed E-state index contributed by atoms with van der Waals surface area (Å²) in [6, 6.07) is 18.5. The Morgan fingerprint density at radius 3 is 2.25 bits per heavy atom. The Labute approximate surface area is 167 Å². The monoisotopic (exact) mass is 398 g/mol. The first-order chi connectivity index (χ1) is 13.5. The van der Waals surface area contributed by atoms with E-state index in [1.54, 1.807) is 24.3 Å². The van der Waals surface area contributed by atoms with Crippen molar-refractivity contribution in [1.29, 1.82) is 0 Å². The van der Waals surface area contributed by atoms with E-state index in [-0.39, 0.29) is 13.2 Å². The third kappa shape index (κ3) is 5.37. The van der Waals surface area contributed by atoms with Crippen molar-refractivity contribution >= 4 is 34.2 Å². The fraction of sp³-hybridized carbons (Fsp3) is 0.143. The van der Waals surface area contributed by atoms with Gasteiger partial charge in [0.15, 0.2) is 13.2 Å². The molecule has 0 aromatic heterocycles. The highest BCUT2D eigenvalue weighted by Gasteiger charge is 2.08. The molecule has 28 heavy (non-hydrogen) atoms. The Kier molecular flexibility index (Phi) is 6.34. The molecule has 2 amide bonds. The van der Waals surface area contributed by atoms with E-state index in [4.69, 9.17) is 21.1 Å². The second kappa shape index (κ2) is 9.10. The van der Waals surface area contributed by atoms with Crippen molar-refractivity contribution < 1.29 is 19.1 Å². The molecule has 3 rings (SSSR count). The van der Waals surface area contributed by atoms with Crippen LogP contribution in [0.1, 0.15) is 5.56 Å². The average molecular weight is 399 g/mol. The van der Waals surface area contributed by atoms with Gasteiger partial charge >= 0.3 is 0 Å². The van der Waals surface area contributed by atoms with Gasteiger partial charge in [0.25, 0.3) is 11.8 Å². The van der Waals surface area contributed by atoms with Crippen LogP contribution in [0.3, 0.4) is 0 Å². The molecule has 0 heterocycles. The molecule has 0 saturated carbocycles. The smallest absolute Gasteiger partial charge is 0.276 e. The lowest BCUT2D eigenvalue weighted by Crippen LogP contribution is -2.45. The number of carbonyl (C=O) groups is 2. The predicted molar refractivity (Wildman–Crippen MR) is 107 cm³/mol. The summed E-state index contributed by atoms with van der Waals surface area (Å²) >= 11 is 5.87. The van der Waals surface area contributed by atoms with Gasteiger partial charge in [-0.2, -0.15) is 0 Å². The van der Waals surface area contributed by atoms with Crippen molar-refractivity contribution in [3.63, 3.8) is 0 Å². The van der Waals surface area contributed by atoms with Crippen molar-refractivity contribution in [3.05, 3.63) is 71.2 Å². The molecule has 3 aromatic carbocycles. The number of rotatable bonds is 6. The lowest BCUT2D eigenvalue weighted by atomic mass is 10.1. The zero-order valence-electron chi connectivity index (χ0n) is 15.2. The zero-order valence-corrected chi connectivity index (χ0v) is 16.0. The normalized spacial score (nSPS) is 10.4. The van der Waals surface area contributed by atoms with E-state index in [9.17, 15) is 9.59 Å². The maximum absolute atomic E-state index is 11.8. The largest absolute Gasteiger partial charge is 0.484 e. The van der Waals surface area contributed by atoms with Gasteiger partial charge in [0.05, 0.1) is 0 Å². The topological polar surface area (TPSA) is 76.7 Å². The molecule has 144 valence electrons. The van der Waals surface area contributed by atoms with Gasteiger partial charge in [-0.1, -0.05) is 41.9 Å². The maximum atomic E-state index is 11.8. The molecule has 0 radical (unpaired) electrons. The molecule has 6 nitrogen and oxygen atoms in total. The standard InChI is InChI=1S/C21H19ClN2O4/c1-14-10-17(22)7-9-19(14)28-13-21(26)24-23-20(25)12-27-18-8-6-15-4-2-3-5-16(15)11-18/h2-11H,12-13H2,1H3,(H,23,25)(H,24,26). The highest BCUT2D eigenvalue weighted by Crippen LogP contribution is 2.22. The van der Waals surface area contributed by atoms with Crippen LogP contribution in [0.15, 0.2) is 60.7 Å². The number of fused-ring (bicyclic) bond motifs is 1. The summed E-state index contributed by atoms with van der Waals surface area (Å²) in [4.78, 5) is 23.6. The number of hydrogen-bond acceptors (Lipinski definition) is 4. The summed E-state index contributed by atoms with van der Waals surface area (Å²) in [6.07, 6.45) is 0. The molecule has 0 fully saturated rings. The van der Waals surface area contributed by atoms with Gasteiger partial charge in [0, 0.05) is 5.02 Å². The Morgan fingerprint density at radius 2 is 1.54 bits per heavy atom. The first kappa shape index (κ1) is 19.5. The molecule has 3 aromatic rings. The van der Waals surface area contributed by atoms with Gasteiger partial charge in [-0.25, -0.2) is 0 Å². The molecular formula is C21H19ClN2O4. The minimum absolute atomic E-state index is 0.226. The number of hydrazine groups is 1. The first-order valence-corrected chi connectivity index (χ1v) is 8.97. The Morgan fingerprint density at radius 1 is 0.857 bits per heavy atom. The zero-order chi connectivity index (χ0) is 19.9. The fourth-order valence-electron chi connectivity index (χ4n) is 2.54. The molecule has 7 heteroatoms. The Bertz CT molecular complexity index is 1010. The summed E-state index contributed by atoms with van der Waals surface area (Å²) in [5, 5.41) is 2.69. The minimum atomic E-state index is -0.492. The van der Waals surface area contributed by atoms with Crippen LogP contribution in [-0.4, -0.2) is 25.0 Å². The SMILES string of the molecule is Cc1cc(Cl)ccc1OCC(=O)NNC(=O)COc1ccc2ccccc2c1. The third-order valence-electron chi connectivity index (χ3n) is 3.93. The average Bonchev–Trinajstić information content (AvgIpc) is 2.70. The van der Waals surface area contributed by atoms with Crippen molar-refractivity contribution in [2.24, 2.45) is 0 Å². The molecule has 0 unspecified atom stereocenters. The molecule has 0 bridgehead atoms. The highest BCUT2D eigenvalue weighted by molar-refractivity contribution is 6.30. The van der Waals surface area contributed by atoms with Crippen LogP contribution in [0.25, 0.3) is 10.8 Å². The molecule has 0 aliphatic rings. The maximum Gasteiger partial charge on any atom is 0.276 e. The number of ether oxygens (including phenoxy) is 2. The molecule has 0 aliphatic carbocycles. The third-order valence-corrected chi connectivity index (χ3v) is 4.16. The van der Waals surface area contributed by atoms with Crippen molar-refractivity contribution in [3.8, 4) is 11.5 Å². The Balaban J connectivity index is 1.41. The number of benzene rings is 3. The van der Waals surface area contributed by atoms with Gasteiger partial charge in [-0.05, 0) is 53.6 Å². The summed E-state index contributed by atoms with van der Waals surface area (Å²) in [5.74, 6) is 0.143. The van der Waals surface area contributed by atoms with E-state index < -0.39 is 11.8 Å². The van der Waals surface area contributed by atoms with Crippen molar-refractivity contribution in [1.82, 2.24) is 10.9 Å². The van der Waals surface area contributed by atoms with Crippen LogP contribution in [0.5, 0.6) is 11.5 Å². The van der Waals surface area contributed by atoms with Gasteiger partial charge < -0.3 is 9.47 Å². The van der Waals surface area contributed by atoms with E-state index in [1.807, 2.05) is 43.3 Å². The van der Waals surface area contributed by atoms with E-state index in [1.165, 1.54) is 0 Å². The van der Waals surface area contributed by atoms with Gasteiger partial charge in [0.2, 0.25) is 0 Å². The number of nitrogens with one attached hydrogen (secondary N) is 2. The number of halogens is 1. The lowest BCUT2D eigenvalue weighted by Gasteiger charge is -2.11. The number of amides is 2. The second-order valence-corrected chi connectivity index (χ2v) is 6.53. The quantitative estimate of drug-likeness (QED) is 0.624. The first-order valence-electron chi connectivity index (χ1n) is 8.59. The van der Waals surface area contributed by atoms with Crippen LogP contribution < -0.4 is 20.3 Å². The summed E-state index contributed by atoms with van der Waals surface area (Å²) in [6.45, 7) is 1.36. The summed E-state index contributed by atoms with van der Waals surface area (Å²) in [5.41, 5.74) is 5.38. The van der Waals surface area contributed by atoms with Crippen molar-refractivity contribution in [2.75, 3.05) is 13.2 Å². The number of carbonyl (C=O) groups excluding carboxylic acids is 2. The summed E-state index contributed by atoms with van der Waals surface area (Å²) < 4.78 is 10.9. The second-order valence-electron chi connectivity index (χ2n) is 6.09. The molecule has 0 spiro atoms. The predicted octanol–water partition coefficient (Wildman–Crippen LogP) is 3.41. The molecule has 0 aliphatic heterocycles. The lowest BCUT2D eigenvalue weighted by molar-refractivity contribution is -0.131. The van der Waals surface area contributed by atoms with Crippen LogP contribution in [0, 0.1) is 6.92 Å². The number of hydrogen-bond donors (Lipinski definition) is 2. The Hall–Kier alpha value is -3.25. The van der Waals surface area contributed by atoms with Crippen molar-refractivity contribution in [2.45, 2.75) is 6.92 Å². The molecule has 0 saturated heterocycles. The van der Waals surface area contributed by atoms with Crippen LogP contribution in [0.2, 0.25) is 5.02 Å². The van der Waals surface area contributed by atoms with E-state index in [0.29, 0.717) is 16.5 Å². The number of aryl methyl sites for hydroxylation is 1. The molecule has 2 N–H and O–H groups in total. The minimum Gasteiger partial charge on any atom is -0.484 e. The summed E-state index contributed by atoms with van der Waals surface area (Å²) in [7, 11) is 0. The fourth-order valence-corrected chi connectivity index (χ4v) is 2.76. The molecule has 0 atom stereocenters. The van der Waals surface area contributed by atoms with Crippen LogP contribution >= 0.6 is 11.6 Å². The van der Waals surface area contributed by atoms with E-state index >= 15 is 0 Å². The van der Waals surface area contributed by atoms with E-state index in [2.05, 4.69) is 10.9 Å². The van der Waals surface area contributed by atoms with Gasteiger partial charge in [0.1, 0.15) is 11.5 Å². The van der Waals surface area contributed by atoms with Gasteiger partial charge in [-0.15, -0.1) is 0 Å². The molecular weight excluding hydrogens is 380 g/mol. The van der Waals surface area contributed by atoms with E-state index in [0.717, 1.165) is 16.3 Å².